The molecule has 3 heterocycles. The average Bonchev–Trinajstić information content (AvgIpc) is 3.29. The third-order valence-corrected chi connectivity index (χ3v) is 5.36. The molecule has 0 unspecified atom stereocenters. The molecule has 2 aromatic heterocycles. The second-order valence-corrected chi connectivity index (χ2v) is 7.49. The van der Waals surface area contributed by atoms with Gasteiger partial charge in [-0.25, -0.2) is 4.98 Å². The number of benzene rings is 1. The van der Waals surface area contributed by atoms with Gasteiger partial charge in [0.05, 0.1) is 7.11 Å². The van der Waals surface area contributed by atoms with Gasteiger partial charge in [-0.1, -0.05) is 30.3 Å². The van der Waals surface area contributed by atoms with Gasteiger partial charge in [0.25, 0.3) is 0 Å². The van der Waals surface area contributed by atoms with Gasteiger partial charge in [0.1, 0.15) is 11.6 Å². The van der Waals surface area contributed by atoms with Crippen LogP contribution in [0.2, 0.25) is 0 Å². The number of nitrogens with zero attached hydrogens (tertiary/aromatic N) is 4. The van der Waals surface area contributed by atoms with Crippen LogP contribution in [-0.2, 0) is 6.54 Å². The number of methoxy groups -OCH3 is 1. The third-order valence-electron chi connectivity index (χ3n) is 5.36. The monoisotopic (exact) mass is 407 g/mol. The number of rotatable bonds is 6. The van der Waals surface area contributed by atoms with Crippen LogP contribution in [0.5, 0.6) is 5.75 Å². The summed E-state index contributed by atoms with van der Waals surface area (Å²) in [6, 6.07) is 11.3. The second kappa shape index (κ2) is 8.94. The topological polar surface area (TPSA) is 93.4 Å². The van der Waals surface area contributed by atoms with Gasteiger partial charge in [-0.2, -0.15) is 4.98 Å². The van der Waals surface area contributed by atoms with E-state index < -0.39 is 5.91 Å². The van der Waals surface area contributed by atoms with Crippen molar-refractivity contribution in [2.24, 2.45) is 5.92 Å². The number of nitrogens with one attached hydrogen (secondary N) is 1. The molecular formula is C22H25N5O3. The molecule has 3 aromatic rings. The van der Waals surface area contributed by atoms with E-state index in [9.17, 15) is 4.79 Å². The molecule has 30 heavy (non-hydrogen) atoms. The first-order chi connectivity index (χ1) is 14.6. The van der Waals surface area contributed by atoms with Crippen LogP contribution in [0.15, 0.2) is 47.1 Å². The summed E-state index contributed by atoms with van der Waals surface area (Å²) in [6.07, 6.45) is 4.05. The second-order valence-electron chi connectivity index (χ2n) is 7.49. The van der Waals surface area contributed by atoms with Crippen LogP contribution in [0.3, 0.4) is 0 Å². The van der Waals surface area contributed by atoms with Crippen LogP contribution >= 0.6 is 0 Å². The Morgan fingerprint density at radius 2 is 2.07 bits per heavy atom. The number of anilines is 1. The molecule has 0 spiro atoms. The van der Waals surface area contributed by atoms with Gasteiger partial charge >= 0.3 is 11.8 Å². The lowest BCUT2D eigenvalue weighted by Crippen LogP contribution is -2.33. The van der Waals surface area contributed by atoms with Crippen molar-refractivity contribution in [2.45, 2.75) is 26.3 Å². The molecule has 0 aliphatic carbocycles. The van der Waals surface area contributed by atoms with E-state index in [4.69, 9.17) is 9.26 Å². The van der Waals surface area contributed by atoms with Crippen LogP contribution in [0.1, 0.15) is 36.0 Å². The van der Waals surface area contributed by atoms with Crippen molar-refractivity contribution in [3.8, 4) is 17.1 Å². The molecular weight excluding hydrogens is 382 g/mol. The highest BCUT2D eigenvalue weighted by Gasteiger charge is 2.20. The summed E-state index contributed by atoms with van der Waals surface area (Å²) in [6.45, 7) is 4.55. The van der Waals surface area contributed by atoms with Gasteiger partial charge < -0.3 is 19.5 Å². The summed E-state index contributed by atoms with van der Waals surface area (Å²) in [7, 11) is 1.60. The molecule has 156 valence electrons. The smallest absolute Gasteiger partial charge is 0.316 e. The summed E-state index contributed by atoms with van der Waals surface area (Å²) in [5.74, 6) is 2.21. The maximum atomic E-state index is 12.4. The zero-order valence-corrected chi connectivity index (χ0v) is 17.2. The fourth-order valence-corrected chi connectivity index (χ4v) is 3.50. The zero-order chi connectivity index (χ0) is 20.9. The average molecular weight is 407 g/mol. The lowest BCUT2D eigenvalue weighted by atomic mass is 9.99. The number of hydrogen-bond donors (Lipinski definition) is 1. The minimum absolute atomic E-state index is 0.0787. The highest BCUT2D eigenvalue weighted by Crippen LogP contribution is 2.25. The van der Waals surface area contributed by atoms with Crippen LogP contribution < -0.4 is 15.0 Å². The van der Waals surface area contributed by atoms with Crippen LogP contribution in [0.4, 0.5) is 5.82 Å². The van der Waals surface area contributed by atoms with E-state index in [2.05, 4.69) is 32.3 Å². The maximum Gasteiger partial charge on any atom is 0.316 e. The summed E-state index contributed by atoms with van der Waals surface area (Å²) in [5.41, 5.74) is 1.63. The molecule has 4 rings (SSSR count). The van der Waals surface area contributed by atoms with E-state index in [0.29, 0.717) is 18.1 Å². The summed E-state index contributed by atoms with van der Waals surface area (Å²) >= 11 is 0. The number of para-hydroxylation sites is 1. The molecule has 8 heteroatoms. The summed E-state index contributed by atoms with van der Waals surface area (Å²) < 4.78 is 10.5. The van der Waals surface area contributed by atoms with Crippen molar-refractivity contribution in [1.82, 2.24) is 20.4 Å². The normalized spacial score (nSPS) is 14.5. The predicted molar refractivity (Wildman–Crippen MR) is 112 cm³/mol. The van der Waals surface area contributed by atoms with Crippen molar-refractivity contribution in [3.05, 3.63) is 54.0 Å². The van der Waals surface area contributed by atoms with Gasteiger partial charge in [0.15, 0.2) is 0 Å². The molecule has 1 aliphatic heterocycles. The van der Waals surface area contributed by atoms with Gasteiger partial charge in [-0.3, -0.25) is 4.79 Å². The Labute approximate surface area is 175 Å². The molecule has 1 aromatic carbocycles. The quantitative estimate of drug-likeness (QED) is 0.670. The molecule has 0 radical (unpaired) electrons. The van der Waals surface area contributed by atoms with E-state index in [0.717, 1.165) is 48.8 Å². The molecule has 1 amide bonds. The molecule has 1 aliphatic rings. The molecule has 1 N–H and O–H groups in total. The van der Waals surface area contributed by atoms with E-state index in [1.54, 1.807) is 13.3 Å². The Morgan fingerprint density at radius 1 is 1.27 bits per heavy atom. The lowest BCUT2D eigenvalue weighted by Gasteiger charge is -2.31. The standard InChI is InChI=1S/C22H25N5O3/c1-15-8-11-27(12-9-15)19-13-16(7-10-23-19)20-25-22(30-26-20)21(28)24-14-17-5-3-4-6-18(17)29-2/h3-7,10,13,15H,8-9,11-12,14H2,1-2H3,(H,24,28). The molecule has 1 fully saturated rings. The summed E-state index contributed by atoms with van der Waals surface area (Å²) in [5, 5.41) is 6.76. The van der Waals surface area contributed by atoms with Gasteiger partial charge in [-0.15, -0.1) is 0 Å². The van der Waals surface area contributed by atoms with Crippen LogP contribution in [-0.4, -0.2) is 41.2 Å². The van der Waals surface area contributed by atoms with Crippen molar-refractivity contribution in [3.63, 3.8) is 0 Å². The van der Waals surface area contributed by atoms with E-state index in [1.807, 2.05) is 36.4 Å². The third kappa shape index (κ3) is 4.42. The van der Waals surface area contributed by atoms with Gasteiger partial charge in [0.2, 0.25) is 5.82 Å². The van der Waals surface area contributed by atoms with Crippen LogP contribution in [0, 0.1) is 5.92 Å². The van der Waals surface area contributed by atoms with Gasteiger partial charge in [0, 0.05) is 37.0 Å². The number of piperidine rings is 1. The number of pyridine rings is 1. The fraction of sp³-hybridized carbons (Fsp3) is 0.364. The number of aromatic nitrogens is 3. The van der Waals surface area contributed by atoms with Gasteiger partial charge in [-0.05, 0) is 37.0 Å². The number of carbonyl (C=O) groups excluding carboxylic acids is 1. The van der Waals surface area contributed by atoms with Crippen LogP contribution in [0.25, 0.3) is 11.4 Å². The Hall–Kier alpha value is -3.42. The Kier molecular flexibility index (Phi) is 5.92. The fourth-order valence-electron chi connectivity index (χ4n) is 3.50. The zero-order valence-electron chi connectivity index (χ0n) is 17.2. The molecule has 0 atom stereocenters. The minimum atomic E-state index is -0.432. The first-order valence-corrected chi connectivity index (χ1v) is 10.1. The SMILES string of the molecule is COc1ccccc1CNC(=O)c1nc(-c2ccnc(N3CCC(C)CC3)c2)no1. The number of amides is 1. The van der Waals surface area contributed by atoms with Crippen molar-refractivity contribution in [2.75, 3.05) is 25.1 Å². The Balaban J connectivity index is 1.43. The molecule has 0 bridgehead atoms. The minimum Gasteiger partial charge on any atom is -0.496 e. The molecule has 0 saturated carbocycles. The molecule has 8 nitrogen and oxygen atoms in total. The van der Waals surface area contributed by atoms with Crippen molar-refractivity contribution in [1.29, 1.82) is 0 Å². The number of carbonyl (C=O) groups is 1. The lowest BCUT2D eigenvalue weighted by molar-refractivity contribution is 0.0906. The van der Waals surface area contributed by atoms with E-state index >= 15 is 0 Å². The number of hydrogen-bond acceptors (Lipinski definition) is 7. The first kappa shape index (κ1) is 19.9. The van der Waals surface area contributed by atoms with Crippen molar-refractivity contribution < 1.29 is 14.1 Å². The highest BCUT2D eigenvalue weighted by atomic mass is 16.5. The summed E-state index contributed by atoms with van der Waals surface area (Å²) in [4.78, 5) is 23.5. The van der Waals surface area contributed by atoms with E-state index in [-0.39, 0.29) is 5.89 Å². The molecule has 1 saturated heterocycles. The highest BCUT2D eigenvalue weighted by molar-refractivity contribution is 5.89. The Bertz CT molecular complexity index is 1010. The van der Waals surface area contributed by atoms with Crippen molar-refractivity contribution >= 4 is 11.7 Å². The first-order valence-electron chi connectivity index (χ1n) is 10.1. The maximum absolute atomic E-state index is 12.4. The van der Waals surface area contributed by atoms with E-state index in [1.165, 1.54) is 0 Å². The number of ether oxygens (including phenoxy) is 1. The predicted octanol–water partition coefficient (Wildman–Crippen LogP) is 3.31. The largest absolute Gasteiger partial charge is 0.496 e. The Morgan fingerprint density at radius 3 is 2.87 bits per heavy atom.